The van der Waals surface area contributed by atoms with Crippen molar-refractivity contribution in [1.29, 1.82) is 0 Å². The zero-order valence-corrected chi connectivity index (χ0v) is 17.9. The normalized spacial score (nSPS) is 28.7. The van der Waals surface area contributed by atoms with E-state index in [1.807, 2.05) is 9.80 Å². The van der Waals surface area contributed by atoms with E-state index < -0.39 is 11.8 Å². The smallest absolute Gasteiger partial charge is 0.261 e. The van der Waals surface area contributed by atoms with E-state index in [4.69, 9.17) is 0 Å². The summed E-state index contributed by atoms with van der Waals surface area (Å²) >= 11 is 0. The average Bonchev–Trinajstić information content (AvgIpc) is 3.19. The zero-order chi connectivity index (χ0) is 18.6. The highest BCUT2D eigenvalue weighted by Gasteiger charge is 2.41. The Morgan fingerprint density at radius 3 is 1.18 bits per heavy atom. The van der Waals surface area contributed by atoms with E-state index in [1.54, 1.807) is 0 Å². The maximum Gasteiger partial charge on any atom is 0.261 e. The molecule has 4 rings (SSSR count). The van der Waals surface area contributed by atoms with Crippen LogP contribution in [0.25, 0.3) is 0 Å². The summed E-state index contributed by atoms with van der Waals surface area (Å²) < 4.78 is 51.6. The molecule has 0 spiro atoms. The second kappa shape index (κ2) is 11.5. The van der Waals surface area contributed by atoms with Gasteiger partial charge in [-0.05, 0) is 51.9 Å². The SMILES string of the molecule is Cl.Cl.FC1(F)CCN(C2CCNCC2)C1.FC1(F)CCN(C2CCNCC2)C1. The van der Waals surface area contributed by atoms with E-state index in [0.29, 0.717) is 25.2 Å². The van der Waals surface area contributed by atoms with Gasteiger partial charge < -0.3 is 10.6 Å². The van der Waals surface area contributed by atoms with Crippen molar-refractivity contribution in [3.8, 4) is 0 Å². The van der Waals surface area contributed by atoms with Crippen LogP contribution >= 0.6 is 24.8 Å². The Kier molecular flexibility index (Phi) is 10.8. The third kappa shape index (κ3) is 7.76. The Hall–Kier alpha value is 0.140. The molecule has 0 unspecified atom stereocenters. The molecule has 0 saturated carbocycles. The van der Waals surface area contributed by atoms with Crippen molar-refractivity contribution in [2.24, 2.45) is 0 Å². The van der Waals surface area contributed by atoms with E-state index in [9.17, 15) is 17.6 Å². The van der Waals surface area contributed by atoms with Crippen molar-refractivity contribution in [1.82, 2.24) is 20.4 Å². The van der Waals surface area contributed by atoms with Crippen LogP contribution in [0, 0.1) is 0 Å². The number of rotatable bonds is 2. The molecule has 4 nitrogen and oxygen atoms in total. The molecule has 0 aromatic carbocycles. The Labute approximate surface area is 178 Å². The first kappa shape index (κ1) is 26.2. The minimum absolute atomic E-state index is 0. The predicted octanol–water partition coefficient (Wildman–Crippen LogP) is 3.00. The molecule has 0 aromatic heterocycles. The molecular formula is C18H34Cl2F4N4. The molecule has 28 heavy (non-hydrogen) atoms. The lowest BCUT2D eigenvalue weighted by atomic mass is 10.1. The fourth-order valence-corrected chi connectivity index (χ4v) is 4.49. The maximum atomic E-state index is 12.9. The molecule has 0 aliphatic carbocycles. The summed E-state index contributed by atoms with van der Waals surface area (Å²) in [6.45, 7) is 5.05. The first-order valence-corrected chi connectivity index (χ1v) is 10.00. The monoisotopic (exact) mass is 452 g/mol. The fourth-order valence-electron chi connectivity index (χ4n) is 4.49. The van der Waals surface area contributed by atoms with Crippen LogP contribution in [0.2, 0.25) is 0 Å². The van der Waals surface area contributed by atoms with E-state index in [2.05, 4.69) is 10.6 Å². The van der Waals surface area contributed by atoms with Crippen LogP contribution < -0.4 is 10.6 Å². The van der Waals surface area contributed by atoms with Crippen LogP contribution in [-0.4, -0.2) is 86.1 Å². The number of likely N-dealkylation sites (tertiary alicyclic amines) is 2. The first-order chi connectivity index (χ1) is 12.3. The largest absolute Gasteiger partial charge is 0.317 e. The summed E-state index contributed by atoms with van der Waals surface area (Å²) in [5.74, 6) is -4.85. The first-order valence-electron chi connectivity index (χ1n) is 10.00. The molecule has 4 heterocycles. The van der Waals surface area contributed by atoms with Gasteiger partial charge in [-0.25, -0.2) is 17.6 Å². The fraction of sp³-hybridized carbons (Fsp3) is 1.00. The Balaban J connectivity index is 0.000000261. The minimum Gasteiger partial charge on any atom is -0.317 e. The van der Waals surface area contributed by atoms with Gasteiger partial charge in [-0.15, -0.1) is 24.8 Å². The third-order valence-corrected chi connectivity index (χ3v) is 6.05. The molecule has 0 amide bonds. The topological polar surface area (TPSA) is 30.5 Å². The number of hydrogen-bond acceptors (Lipinski definition) is 4. The van der Waals surface area contributed by atoms with Gasteiger partial charge in [0.25, 0.3) is 11.8 Å². The van der Waals surface area contributed by atoms with Gasteiger partial charge in [0, 0.05) is 38.0 Å². The van der Waals surface area contributed by atoms with Crippen LogP contribution in [0.5, 0.6) is 0 Å². The minimum atomic E-state index is -2.43. The van der Waals surface area contributed by atoms with Crippen LogP contribution in [-0.2, 0) is 0 Å². The van der Waals surface area contributed by atoms with Crippen molar-refractivity contribution in [3.63, 3.8) is 0 Å². The van der Waals surface area contributed by atoms with Gasteiger partial charge in [0.1, 0.15) is 0 Å². The highest BCUT2D eigenvalue weighted by molar-refractivity contribution is 5.85. The van der Waals surface area contributed by atoms with Gasteiger partial charge >= 0.3 is 0 Å². The van der Waals surface area contributed by atoms with E-state index in [0.717, 1.165) is 51.9 Å². The van der Waals surface area contributed by atoms with Gasteiger partial charge in [0.05, 0.1) is 13.1 Å². The molecule has 2 N–H and O–H groups in total. The lowest BCUT2D eigenvalue weighted by Crippen LogP contribution is -2.42. The highest BCUT2D eigenvalue weighted by Crippen LogP contribution is 2.30. The second-order valence-electron chi connectivity index (χ2n) is 8.12. The average molecular weight is 453 g/mol. The molecule has 4 fully saturated rings. The van der Waals surface area contributed by atoms with Gasteiger partial charge in [-0.1, -0.05) is 0 Å². The van der Waals surface area contributed by atoms with Crippen LogP contribution in [0.3, 0.4) is 0 Å². The number of halogens is 6. The molecule has 0 aromatic rings. The predicted molar refractivity (Wildman–Crippen MR) is 109 cm³/mol. The second-order valence-corrected chi connectivity index (χ2v) is 8.12. The summed E-state index contributed by atoms with van der Waals surface area (Å²) in [7, 11) is 0. The van der Waals surface area contributed by atoms with Crippen LogP contribution in [0.4, 0.5) is 17.6 Å². The summed E-state index contributed by atoms with van der Waals surface area (Å²) in [6, 6.07) is 0.796. The molecule has 0 radical (unpaired) electrons. The Bertz CT molecular complexity index is 407. The van der Waals surface area contributed by atoms with E-state index >= 15 is 0 Å². The van der Waals surface area contributed by atoms with E-state index in [1.165, 1.54) is 0 Å². The van der Waals surface area contributed by atoms with Crippen molar-refractivity contribution in [2.75, 3.05) is 52.4 Å². The molecule has 4 saturated heterocycles. The van der Waals surface area contributed by atoms with Gasteiger partial charge in [-0.3, -0.25) is 9.80 Å². The summed E-state index contributed by atoms with van der Waals surface area (Å²) in [5.41, 5.74) is 0. The van der Waals surface area contributed by atoms with Crippen molar-refractivity contribution < 1.29 is 17.6 Å². The molecule has 0 atom stereocenters. The molecular weight excluding hydrogens is 419 g/mol. The number of alkyl halides is 4. The molecule has 0 bridgehead atoms. The molecule has 168 valence electrons. The van der Waals surface area contributed by atoms with Crippen LogP contribution in [0.15, 0.2) is 0 Å². The lowest BCUT2D eigenvalue weighted by Gasteiger charge is -2.31. The van der Waals surface area contributed by atoms with Gasteiger partial charge in [0.2, 0.25) is 0 Å². The number of nitrogens with zero attached hydrogens (tertiary/aromatic N) is 2. The van der Waals surface area contributed by atoms with Crippen molar-refractivity contribution >= 4 is 24.8 Å². The zero-order valence-electron chi connectivity index (χ0n) is 16.3. The standard InChI is InChI=1S/2C9H16F2N2.2ClH/c2*10-9(11)3-6-13(7-9)8-1-4-12-5-2-8;;/h2*8,12H,1-7H2;2*1H. The van der Waals surface area contributed by atoms with Crippen molar-refractivity contribution in [3.05, 3.63) is 0 Å². The number of nitrogens with one attached hydrogen (secondary N) is 2. The quantitative estimate of drug-likeness (QED) is 0.630. The van der Waals surface area contributed by atoms with E-state index in [-0.39, 0.29) is 50.7 Å². The molecule has 10 heteroatoms. The highest BCUT2D eigenvalue weighted by atomic mass is 35.5. The number of hydrogen-bond donors (Lipinski definition) is 2. The van der Waals surface area contributed by atoms with Gasteiger partial charge in [0.15, 0.2) is 0 Å². The summed E-state index contributed by atoms with van der Waals surface area (Å²) in [6.07, 6.45) is 4.20. The molecule has 4 aliphatic heterocycles. The van der Waals surface area contributed by atoms with Crippen molar-refractivity contribution in [2.45, 2.75) is 62.5 Å². The van der Waals surface area contributed by atoms with Crippen LogP contribution in [0.1, 0.15) is 38.5 Å². The Morgan fingerprint density at radius 2 is 0.929 bits per heavy atom. The summed E-state index contributed by atoms with van der Waals surface area (Å²) in [5, 5.41) is 6.49. The summed E-state index contributed by atoms with van der Waals surface area (Å²) in [4.78, 5) is 3.92. The number of piperidine rings is 2. The Morgan fingerprint density at radius 1 is 0.607 bits per heavy atom. The molecule has 4 aliphatic rings. The van der Waals surface area contributed by atoms with Gasteiger partial charge in [-0.2, -0.15) is 0 Å². The lowest BCUT2D eigenvalue weighted by molar-refractivity contribution is 0.00536. The maximum absolute atomic E-state index is 12.9. The third-order valence-electron chi connectivity index (χ3n) is 6.05.